The highest BCUT2D eigenvalue weighted by Gasteiger charge is 2.19. The first kappa shape index (κ1) is 13.4. The maximum Gasteiger partial charge on any atom is 0.312 e. The van der Waals surface area contributed by atoms with Crippen molar-refractivity contribution in [2.75, 3.05) is 17.3 Å². The Morgan fingerprint density at radius 2 is 2.41 bits per heavy atom. The second-order valence-corrected chi connectivity index (χ2v) is 4.29. The summed E-state index contributed by atoms with van der Waals surface area (Å²) in [6, 6.07) is 0.271. The number of carbonyl (C=O) groups excluding carboxylic acids is 2. The smallest absolute Gasteiger partial charge is 0.312 e. The summed E-state index contributed by atoms with van der Waals surface area (Å²) in [4.78, 5) is 22.6. The third kappa shape index (κ3) is 4.77. The number of amides is 3. The highest BCUT2D eigenvalue weighted by Crippen LogP contribution is 2.05. The van der Waals surface area contributed by atoms with Crippen molar-refractivity contribution in [3.63, 3.8) is 0 Å². The zero-order valence-corrected chi connectivity index (χ0v) is 10.2. The molecular formula is C9H15N5O2S. The number of primary amides is 1. The van der Waals surface area contributed by atoms with Crippen LogP contribution in [0.4, 0.5) is 10.6 Å². The van der Waals surface area contributed by atoms with Crippen LogP contribution in [0, 0.1) is 0 Å². The van der Waals surface area contributed by atoms with Gasteiger partial charge in [0.1, 0.15) is 11.9 Å². The first-order chi connectivity index (χ1) is 8.13. The zero-order chi connectivity index (χ0) is 12.7. The maximum absolute atomic E-state index is 11.8. The maximum atomic E-state index is 11.8. The van der Waals surface area contributed by atoms with Crippen LogP contribution in [0.3, 0.4) is 0 Å². The number of hydrogen-bond acceptors (Lipinski definition) is 4. The first-order valence-electron chi connectivity index (χ1n) is 4.98. The summed E-state index contributed by atoms with van der Waals surface area (Å²) in [6.45, 7) is 0. The number of urea groups is 1. The van der Waals surface area contributed by atoms with E-state index in [1.807, 2.05) is 6.26 Å². The molecule has 1 aromatic heterocycles. The lowest BCUT2D eigenvalue weighted by Gasteiger charge is -2.15. The largest absolute Gasteiger partial charge is 0.352 e. The summed E-state index contributed by atoms with van der Waals surface area (Å²) in [6.07, 6.45) is 3.96. The molecule has 1 rings (SSSR count). The molecule has 8 heteroatoms. The molecule has 0 aliphatic carbocycles. The van der Waals surface area contributed by atoms with Crippen LogP contribution in [0.25, 0.3) is 0 Å². The average Bonchev–Trinajstić information content (AvgIpc) is 2.76. The van der Waals surface area contributed by atoms with E-state index in [-0.39, 0.29) is 5.91 Å². The molecule has 0 aromatic carbocycles. The molecule has 0 bridgehead atoms. The van der Waals surface area contributed by atoms with E-state index in [9.17, 15) is 9.59 Å². The van der Waals surface area contributed by atoms with Gasteiger partial charge in [0, 0.05) is 6.07 Å². The second kappa shape index (κ2) is 6.79. The fourth-order valence-corrected chi connectivity index (χ4v) is 1.69. The van der Waals surface area contributed by atoms with Gasteiger partial charge < -0.3 is 16.4 Å². The fourth-order valence-electron chi connectivity index (χ4n) is 1.22. The van der Waals surface area contributed by atoms with Crippen molar-refractivity contribution in [3.05, 3.63) is 12.3 Å². The van der Waals surface area contributed by atoms with Crippen LogP contribution < -0.4 is 16.4 Å². The molecule has 0 saturated heterocycles. The molecule has 1 aromatic rings. The van der Waals surface area contributed by atoms with Crippen LogP contribution in [0.15, 0.2) is 12.3 Å². The molecule has 0 fully saturated rings. The van der Waals surface area contributed by atoms with E-state index in [0.29, 0.717) is 12.2 Å². The van der Waals surface area contributed by atoms with Crippen LogP contribution >= 0.6 is 11.8 Å². The molecule has 3 amide bonds. The standard InChI is InChI=1S/C9H15N5O2S/c1-17-5-3-6(12-9(10)16)8(15)13-7-2-4-11-14-7/h2,4,6H,3,5H2,1H3,(H3,10,12,16)(H2,11,13,14,15). The molecule has 5 N–H and O–H groups in total. The molecule has 94 valence electrons. The Morgan fingerprint density at radius 3 is 2.94 bits per heavy atom. The van der Waals surface area contributed by atoms with Crippen molar-refractivity contribution in [2.24, 2.45) is 5.73 Å². The van der Waals surface area contributed by atoms with E-state index in [1.165, 1.54) is 6.20 Å². The third-order valence-corrected chi connectivity index (χ3v) is 2.65. The number of aromatic nitrogens is 2. The van der Waals surface area contributed by atoms with Gasteiger partial charge in [0.25, 0.3) is 0 Å². The van der Waals surface area contributed by atoms with E-state index in [4.69, 9.17) is 5.73 Å². The van der Waals surface area contributed by atoms with E-state index in [2.05, 4.69) is 20.8 Å². The van der Waals surface area contributed by atoms with Gasteiger partial charge in [0.05, 0.1) is 6.20 Å². The van der Waals surface area contributed by atoms with E-state index >= 15 is 0 Å². The molecule has 17 heavy (non-hydrogen) atoms. The van der Waals surface area contributed by atoms with Crippen molar-refractivity contribution in [1.29, 1.82) is 0 Å². The van der Waals surface area contributed by atoms with Crippen molar-refractivity contribution in [2.45, 2.75) is 12.5 Å². The van der Waals surface area contributed by atoms with Crippen molar-refractivity contribution in [1.82, 2.24) is 15.5 Å². The number of hydrogen-bond donors (Lipinski definition) is 4. The lowest BCUT2D eigenvalue weighted by Crippen LogP contribution is -2.46. The number of nitrogens with zero attached hydrogens (tertiary/aromatic N) is 1. The molecule has 0 aliphatic heterocycles. The van der Waals surface area contributed by atoms with Gasteiger partial charge in [0.2, 0.25) is 5.91 Å². The molecule has 0 saturated carbocycles. The van der Waals surface area contributed by atoms with Gasteiger partial charge in [-0.15, -0.1) is 0 Å². The van der Waals surface area contributed by atoms with E-state index in [0.717, 1.165) is 5.75 Å². The molecule has 7 nitrogen and oxygen atoms in total. The zero-order valence-electron chi connectivity index (χ0n) is 9.40. The Labute approximate surface area is 103 Å². The van der Waals surface area contributed by atoms with Gasteiger partial charge in [-0.25, -0.2) is 4.79 Å². The van der Waals surface area contributed by atoms with Gasteiger partial charge in [-0.2, -0.15) is 16.9 Å². The SMILES string of the molecule is CSCCC(NC(N)=O)C(=O)Nc1ccn[nH]1. The third-order valence-electron chi connectivity index (χ3n) is 2.00. The molecule has 0 radical (unpaired) electrons. The first-order valence-corrected chi connectivity index (χ1v) is 6.38. The Bertz CT molecular complexity index is 367. The van der Waals surface area contributed by atoms with Gasteiger partial charge in [-0.3, -0.25) is 9.89 Å². The minimum absolute atomic E-state index is 0.317. The van der Waals surface area contributed by atoms with Crippen LogP contribution in [0.1, 0.15) is 6.42 Å². The molecular weight excluding hydrogens is 242 g/mol. The number of rotatable bonds is 6. The Hall–Kier alpha value is -1.70. The molecule has 1 heterocycles. The Kier molecular flexibility index (Phi) is 5.34. The van der Waals surface area contributed by atoms with Gasteiger partial charge in [0.15, 0.2) is 0 Å². The van der Waals surface area contributed by atoms with Crippen molar-refractivity contribution < 1.29 is 9.59 Å². The predicted octanol–water partition coefficient (Wildman–Crippen LogP) is 0.138. The summed E-state index contributed by atoms with van der Waals surface area (Å²) in [5.41, 5.74) is 5.02. The lowest BCUT2D eigenvalue weighted by molar-refractivity contribution is -0.118. The molecule has 0 spiro atoms. The normalized spacial score (nSPS) is 11.8. The lowest BCUT2D eigenvalue weighted by atomic mass is 10.2. The number of anilines is 1. The van der Waals surface area contributed by atoms with Crippen molar-refractivity contribution in [3.8, 4) is 0 Å². The molecule has 1 unspecified atom stereocenters. The summed E-state index contributed by atoms with van der Waals surface area (Å²) in [7, 11) is 0. The fraction of sp³-hybridized carbons (Fsp3) is 0.444. The summed E-state index contributed by atoms with van der Waals surface area (Å²) < 4.78 is 0. The number of nitrogens with one attached hydrogen (secondary N) is 3. The van der Waals surface area contributed by atoms with Crippen LogP contribution in [-0.4, -0.2) is 40.2 Å². The van der Waals surface area contributed by atoms with Gasteiger partial charge in [-0.05, 0) is 18.4 Å². The highest BCUT2D eigenvalue weighted by atomic mass is 32.2. The summed E-state index contributed by atoms with van der Waals surface area (Å²) in [5.74, 6) is 0.916. The topological polar surface area (TPSA) is 113 Å². The Morgan fingerprint density at radius 1 is 1.65 bits per heavy atom. The average molecular weight is 257 g/mol. The number of nitrogens with two attached hydrogens (primary N) is 1. The molecule has 0 aliphatic rings. The number of carbonyl (C=O) groups is 2. The van der Waals surface area contributed by atoms with Gasteiger partial charge in [-0.1, -0.05) is 0 Å². The summed E-state index contributed by atoms with van der Waals surface area (Å²) in [5, 5.41) is 11.3. The molecule has 1 atom stereocenters. The van der Waals surface area contributed by atoms with Crippen LogP contribution in [-0.2, 0) is 4.79 Å². The minimum Gasteiger partial charge on any atom is -0.352 e. The summed E-state index contributed by atoms with van der Waals surface area (Å²) >= 11 is 1.59. The second-order valence-electron chi connectivity index (χ2n) is 3.30. The minimum atomic E-state index is -0.712. The number of thioether (sulfide) groups is 1. The van der Waals surface area contributed by atoms with Crippen molar-refractivity contribution >= 4 is 29.5 Å². The predicted molar refractivity (Wildman–Crippen MR) is 66.7 cm³/mol. The van der Waals surface area contributed by atoms with E-state index in [1.54, 1.807) is 17.8 Å². The monoisotopic (exact) mass is 257 g/mol. The van der Waals surface area contributed by atoms with Crippen LogP contribution in [0.2, 0.25) is 0 Å². The van der Waals surface area contributed by atoms with Crippen LogP contribution in [0.5, 0.6) is 0 Å². The highest BCUT2D eigenvalue weighted by molar-refractivity contribution is 7.98. The van der Waals surface area contributed by atoms with E-state index < -0.39 is 12.1 Å². The number of H-pyrrole nitrogens is 1. The Balaban J connectivity index is 2.55. The van der Waals surface area contributed by atoms with Gasteiger partial charge >= 0.3 is 6.03 Å². The number of aromatic amines is 1. The quantitative estimate of drug-likeness (QED) is 0.580.